The van der Waals surface area contributed by atoms with E-state index in [1.165, 1.54) is 7.11 Å². The fourth-order valence-electron chi connectivity index (χ4n) is 0.946. The number of hydrogen-bond donors (Lipinski definition) is 1. The molecule has 70 valence electrons. The minimum atomic E-state index is -0.928. The molecule has 4 nitrogen and oxygen atoms in total. The summed E-state index contributed by atoms with van der Waals surface area (Å²) in [4.78, 5) is 21.2. The van der Waals surface area contributed by atoms with Crippen molar-refractivity contribution in [2.75, 3.05) is 7.11 Å². The van der Waals surface area contributed by atoms with Gasteiger partial charge in [0.1, 0.15) is 0 Å². The van der Waals surface area contributed by atoms with Crippen LogP contribution in [-0.2, 0) is 14.3 Å². The number of carboxylic acids is 1. The number of hydrogen-bond acceptors (Lipinski definition) is 3. The first-order chi connectivity index (χ1) is 5.61. The molecule has 0 aliphatic carbocycles. The lowest BCUT2D eigenvalue weighted by atomic mass is 10.0. The molecule has 12 heavy (non-hydrogen) atoms. The van der Waals surface area contributed by atoms with Crippen LogP contribution in [0.15, 0.2) is 0 Å². The second kappa shape index (κ2) is 5.57. The van der Waals surface area contributed by atoms with E-state index in [0.717, 1.165) is 6.42 Å². The number of aliphatic carboxylic acids is 1. The summed E-state index contributed by atoms with van der Waals surface area (Å²) in [6.45, 7) is 1.88. The number of carboxylic acid groups (broad SMARTS) is 1. The fourth-order valence-corrected chi connectivity index (χ4v) is 0.946. The summed E-state index contributed by atoms with van der Waals surface area (Å²) in [5.74, 6) is -1.99. The Hall–Kier alpha value is -1.06. The van der Waals surface area contributed by atoms with Gasteiger partial charge in [0.25, 0.3) is 0 Å². The van der Waals surface area contributed by atoms with Gasteiger partial charge in [-0.05, 0) is 6.42 Å². The zero-order valence-corrected chi connectivity index (χ0v) is 7.37. The van der Waals surface area contributed by atoms with Crippen molar-refractivity contribution in [3.63, 3.8) is 0 Å². The van der Waals surface area contributed by atoms with Crippen molar-refractivity contribution >= 4 is 11.9 Å². The minimum absolute atomic E-state index is 0.0281. The number of carbonyl (C=O) groups excluding carboxylic acids is 1. The SMILES string of the molecule is CCC[C@@H](CC(=O)OC)C(=O)O. The van der Waals surface area contributed by atoms with Crippen molar-refractivity contribution in [1.82, 2.24) is 0 Å². The zero-order valence-electron chi connectivity index (χ0n) is 7.37. The summed E-state index contributed by atoms with van der Waals surface area (Å²) < 4.78 is 4.37. The van der Waals surface area contributed by atoms with Gasteiger partial charge in [0.05, 0.1) is 19.4 Å². The predicted molar refractivity (Wildman–Crippen MR) is 42.7 cm³/mol. The molecule has 0 fully saturated rings. The molecule has 0 aliphatic heterocycles. The van der Waals surface area contributed by atoms with Crippen molar-refractivity contribution in [2.24, 2.45) is 5.92 Å². The first-order valence-corrected chi connectivity index (χ1v) is 3.91. The highest BCUT2D eigenvalue weighted by Gasteiger charge is 2.20. The summed E-state index contributed by atoms with van der Waals surface area (Å²) in [6, 6.07) is 0. The molecular weight excluding hydrogens is 160 g/mol. The number of rotatable bonds is 5. The van der Waals surface area contributed by atoms with Crippen LogP contribution in [-0.4, -0.2) is 24.2 Å². The molecule has 0 bridgehead atoms. The Balaban J connectivity index is 3.95. The highest BCUT2D eigenvalue weighted by Crippen LogP contribution is 2.11. The summed E-state index contributed by atoms with van der Waals surface area (Å²) in [7, 11) is 1.26. The zero-order chi connectivity index (χ0) is 9.56. The van der Waals surface area contributed by atoms with Gasteiger partial charge >= 0.3 is 11.9 Å². The summed E-state index contributed by atoms with van der Waals surface area (Å²) in [6.07, 6.45) is 1.25. The molecule has 0 saturated heterocycles. The molecule has 0 aromatic heterocycles. The third kappa shape index (κ3) is 3.95. The normalized spacial score (nSPS) is 12.2. The van der Waals surface area contributed by atoms with E-state index in [9.17, 15) is 9.59 Å². The summed E-state index contributed by atoms with van der Waals surface area (Å²) >= 11 is 0. The monoisotopic (exact) mass is 174 g/mol. The molecule has 0 amide bonds. The lowest BCUT2D eigenvalue weighted by Gasteiger charge is -2.08. The van der Waals surface area contributed by atoms with Gasteiger partial charge in [-0.15, -0.1) is 0 Å². The van der Waals surface area contributed by atoms with Gasteiger partial charge in [-0.2, -0.15) is 0 Å². The van der Waals surface area contributed by atoms with Gasteiger partial charge in [0, 0.05) is 0 Å². The van der Waals surface area contributed by atoms with Gasteiger partial charge in [-0.25, -0.2) is 0 Å². The van der Waals surface area contributed by atoms with Crippen LogP contribution in [0.3, 0.4) is 0 Å². The Morgan fingerprint density at radius 1 is 1.50 bits per heavy atom. The van der Waals surface area contributed by atoms with Crippen LogP contribution in [0, 0.1) is 5.92 Å². The van der Waals surface area contributed by atoms with Crippen LogP contribution >= 0.6 is 0 Å². The highest BCUT2D eigenvalue weighted by atomic mass is 16.5. The molecule has 0 aliphatic rings. The fraction of sp³-hybridized carbons (Fsp3) is 0.750. The Morgan fingerprint density at radius 3 is 2.42 bits per heavy atom. The van der Waals surface area contributed by atoms with Crippen molar-refractivity contribution in [3.05, 3.63) is 0 Å². The number of methoxy groups -OCH3 is 1. The predicted octanol–water partition coefficient (Wildman–Crippen LogP) is 1.05. The van der Waals surface area contributed by atoms with E-state index in [0.29, 0.717) is 6.42 Å². The second-order valence-electron chi connectivity index (χ2n) is 2.60. The Labute approximate surface area is 71.5 Å². The molecule has 0 aromatic carbocycles. The molecule has 4 heteroatoms. The van der Waals surface area contributed by atoms with Gasteiger partial charge in [0.15, 0.2) is 0 Å². The molecule has 0 unspecified atom stereocenters. The quantitative estimate of drug-likeness (QED) is 0.633. The number of ether oxygens (including phenoxy) is 1. The average Bonchev–Trinajstić information content (AvgIpc) is 2.03. The van der Waals surface area contributed by atoms with E-state index in [2.05, 4.69) is 4.74 Å². The maximum absolute atomic E-state index is 10.7. The molecule has 0 radical (unpaired) electrons. The third-order valence-electron chi connectivity index (χ3n) is 1.63. The van der Waals surface area contributed by atoms with Crippen LogP contribution < -0.4 is 0 Å². The first-order valence-electron chi connectivity index (χ1n) is 3.91. The van der Waals surface area contributed by atoms with Crippen molar-refractivity contribution in [1.29, 1.82) is 0 Å². The van der Waals surface area contributed by atoms with E-state index in [-0.39, 0.29) is 6.42 Å². The Morgan fingerprint density at radius 2 is 2.08 bits per heavy atom. The molecule has 0 heterocycles. The lowest BCUT2D eigenvalue weighted by Crippen LogP contribution is -2.18. The van der Waals surface area contributed by atoms with Crippen LogP contribution in [0.5, 0.6) is 0 Å². The molecule has 1 N–H and O–H groups in total. The minimum Gasteiger partial charge on any atom is -0.481 e. The maximum Gasteiger partial charge on any atom is 0.307 e. The summed E-state index contributed by atoms with van der Waals surface area (Å²) in [5, 5.41) is 8.64. The largest absolute Gasteiger partial charge is 0.481 e. The molecule has 0 spiro atoms. The molecule has 0 aromatic rings. The van der Waals surface area contributed by atoms with Gasteiger partial charge in [-0.3, -0.25) is 9.59 Å². The average molecular weight is 174 g/mol. The number of carbonyl (C=O) groups is 2. The highest BCUT2D eigenvalue weighted by molar-refractivity contribution is 5.78. The van der Waals surface area contributed by atoms with Gasteiger partial charge < -0.3 is 9.84 Å². The topological polar surface area (TPSA) is 63.6 Å². The van der Waals surface area contributed by atoms with Gasteiger partial charge in [0.2, 0.25) is 0 Å². The maximum atomic E-state index is 10.7. The van der Waals surface area contributed by atoms with Crippen LogP contribution in [0.1, 0.15) is 26.2 Å². The summed E-state index contributed by atoms with van der Waals surface area (Å²) in [5.41, 5.74) is 0. The smallest absolute Gasteiger partial charge is 0.307 e. The lowest BCUT2D eigenvalue weighted by molar-refractivity contribution is -0.150. The van der Waals surface area contributed by atoms with E-state index < -0.39 is 17.9 Å². The second-order valence-corrected chi connectivity index (χ2v) is 2.60. The van der Waals surface area contributed by atoms with E-state index in [1.54, 1.807) is 0 Å². The van der Waals surface area contributed by atoms with E-state index in [1.807, 2.05) is 6.92 Å². The first kappa shape index (κ1) is 10.9. The van der Waals surface area contributed by atoms with Crippen molar-refractivity contribution in [3.8, 4) is 0 Å². The van der Waals surface area contributed by atoms with Gasteiger partial charge in [-0.1, -0.05) is 13.3 Å². The molecule has 0 saturated carbocycles. The standard InChI is InChI=1S/C8H14O4/c1-3-4-6(8(10)11)5-7(9)12-2/h6H,3-5H2,1-2H3,(H,10,11)/t6-/m0/s1. The van der Waals surface area contributed by atoms with Crippen LogP contribution in [0.2, 0.25) is 0 Å². The molecular formula is C8H14O4. The van der Waals surface area contributed by atoms with E-state index in [4.69, 9.17) is 5.11 Å². The molecule has 1 atom stereocenters. The van der Waals surface area contributed by atoms with Crippen LogP contribution in [0.25, 0.3) is 0 Å². The van der Waals surface area contributed by atoms with Crippen molar-refractivity contribution < 1.29 is 19.4 Å². The number of esters is 1. The van der Waals surface area contributed by atoms with E-state index >= 15 is 0 Å². The molecule has 0 rings (SSSR count). The Kier molecular flexibility index (Phi) is 5.08. The van der Waals surface area contributed by atoms with Crippen LogP contribution in [0.4, 0.5) is 0 Å². The third-order valence-corrected chi connectivity index (χ3v) is 1.63. The van der Waals surface area contributed by atoms with Crippen molar-refractivity contribution in [2.45, 2.75) is 26.2 Å². The Bertz CT molecular complexity index is 162.